The van der Waals surface area contributed by atoms with E-state index >= 15 is 0 Å². The highest BCUT2D eigenvalue weighted by Crippen LogP contribution is 2.00. The van der Waals surface area contributed by atoms with Crippen molar-refractivity contribution in [3.8, 4) is 0 Å². The zero-order chi connectivity index (χ0) is 10.6. The smallest absolute Gasteiger partial charge is 0.356 e. The molecule has 0 bridgehead atoms. The molecule has 1 heterocycles. The molecule has 0 amide bonds. The fraction of sp³-hybridized carbons (Fsp3) is 0.250. The first-order valence-electron chi connectivity index (χ1n) is 3.79. The van der Waals surface area contributed by atoms with Crippen LogP contribution in [-0.2, 0) is 4.74 Å². The molecule has 0 unspecified atom stereocenters. The molecule has 0 aliphatic rings. The Kier molecular flexibility index (Phi) is 3.11. The summed E-state index contributed by atoms with van der Waals surface area (Å²) >= 11 is 0. The number of hydrogen-bond donors (Lipinski definition) is 1. The Labute approximate surface area is 80.2 Å². The van der Waals surface area contributed by atoms with Gasteiger partial charge in [0, 0.05) is 0 Å². The lowest BCUT2D eigenvalue weighted by atomic mass is 10.3. The Hall–Kier alpha value is -1.98. The minimum absolute atomic E-state index is 0.134. The fourth-order valence-electron chi connectivity index (χ4n) is 0.925. The number of rotatable bonds is 2. The molecule has 0 aliphatic heterocycles. The van der Waals surface area contributed by atoms with E-state index in [4.69, 9.17) is 5.21 Å². The van der Waals surface area contributed by atoms with Gasteiger partial charge in [0.25, 0.3) is 0 Å². The molecule has 6 heteroatoms. The molecule has 0 saturated heterocycles. The van der Waals surface area contributed by atoms with Crippen LogP contribution in [0.3, 0.4) is 0 Å². The molecule has 0 aromatic carbocycles. The molecule has 1 rings (SSSR count). The van der Waals surface area contributed by atoms with Gasteiger partial charge in [0.1, 0.15) is 5.82 Å². The molecule has 0 radical (unpaired) electrons. The predicted octanol–water partition coefficient (Wildman–Crippen LogP) is 0.380. The van der Waals surface area contributed by atoms with Gasteiger partial charge in [0.15, 0.2) is 5.69 Å². The maximum Gasteiger partial charge on any atom is 0.356 e. The van der Waals surface area contributed by atoms with Crippen molar-refractivity contribution in [2.75, 3.05) is 7.11 Å². The van der Waals surface area contributed by atoms with E-state index in [0.717, 1.165) is 6.21 Å². The first kappa shape index (κ1) is 10.1. The number of carbonyl (C=O) groups is 1. The van der Waals surface area contributed by atoms with E-state index in [1.165, 1.54) is 13.2 Å². The maximum atomic E-state index is 11.1. The van der Waals surface area contributed by atoms with Crippen LogP contribution in [-0.4, -0.2) is 34.5 Å². The number of oxime groups is 1. The van der Waals surface area contributed by atoms with Crippen molar-refractivity contribution in [1.82, 2.24) is 9.97 Å². The Morgan fingerprint density at radius 1 is 1.64 bits per heavy atom. The lowest BCUT2D eigenvalue weighted by Gasteiger charge is -2.00. The molecule has 0 atom stereocenters. The first-order valence-corrected chi connectivity index (χ1v) is 3.79. The van der Waals surface area contributed by atoms with E-state index in [9.17, 15) is 4.79 Å². The zero-order valence-electron chi connectivity index (χ0n) is 7.76. The van der Waals surface area contributed by atoms with Gasteiger partial charge in [-0.2, -0.15) is 0 Å². The Morgan fingerprint density at radius 2 is 2.36 bits per heavy atom. The molecule has 74 valence electrons. The maximum absolute atomic E-state index is 11.1. The second-order valence-corrected chi connectivity index (χ2v) is 2.46. The van der Waals surface area contributed by atoms with Crippen molar-refractivity contribution in [3.63, 3.8) is 0 Å². The fourth-order valence-corrected chi connectivity index (χ4v) is 0.925. The molecule has 6 nitrogen and oxygen atoms in total. The Bertz CT molecular complexity index is 376. The molecule has 14 heavy (non-hydrogen) atoms. The molecule has 0 spiro atoms. The number of ether oxygens (including phenoxy) is 1. The highest BCUT2D eigenvalue weighted by atomic mass is 16.5. The number of hydrogen-bond acceptors (Lipinski definition) is 6. The minimum Gasteiger partial charge on any atom is -0.464 e. The molecule has 0 saturated carbocycles. The van der Waals surface area contributed by atoms with E-state index in [0.29, 0.717) is 11.5 Å². The summed E-state index contributed by atoms with van der Waals surface area (Å²) in [5.74, 6) is -0.147. The van der Waals surface area contributed by atoms with Crippen molar-refractivity contribution in [2.24, 2.45) is 5.16 Å². The molecular formula is C8H9N3O3. The number of carbonyl (C=O) groups excluding carboxylic acids is 1. The average molecular weight is 195 g/mol. The van der Waals surface area contributed by atoms with Crippen LogP contribution < -0.4 is 0 Å². The first-order chi connectivity index (χ1) is 6.67. The third-order valence-corrected chi connectivity index (χ3v) is 1.44. The average Bonchev–Trinajstić information content (AvgIpc) is 2.16. The van der Waals surface area contributed by atoms with Crippen LogP contribution in [0.2, 0.25) is 0 Å². The number of nitrogens with zero attached hydrogens (tertiary/aromatic N) is 3. The van der Waals surface area contributed by atoms with Crippen molar-refractivity contribution >= 4 is 12.2 Å². The standard InChI is InChI=1S/C8H9N3O3/c1-5-10-6(4-9-13)3-7(11-5)8(12)14-2/h3-4,13H,1-2H3/b9-4+. The summed E-state index contributed by atoms with van der Waals surface area (Å²) in [7, 11) is 1.26. The van der Waals surface area contributed by atoms with Crippen LogP contribution in [0.25, 0.3) is 0 Å². The SMILES string of the molecule is COC(=O)c1cc(/C=N/O)nc(C)n1. The Morgan fingerprint density at radius 3 is 2.93 bits per heavy atom. The molecule has 0 aliphatic carbocycles. The summed E-state index contributed by atoms with van der Waals surface area (Å²) in [5, 5.41) is 11.1. The number of esters is 1. The lowest BCUT2D eigenvalue weighted by Crippen LogP contribution is -2.08. The summed E-state index contributed by atoms with van der Waals surface area (Å²) in [6, 6.07) is 1.37. The van der Waals surface area contributed by atoms with Gasteiger partial charge in [-0.25, -0.2) is 14.8 Å². The third-order valence-electron chi connectivity index (χ3n) is 1.44. The predicted molar refractivity (Wildman–Crippen MR) is 47.5 cm³/mol. The largest absolute Gasteiger partial charge is 0.464 e. The van der Waals surface area contributed by atoms with Crippen LogP contribution >= 0.6 is 0 Å². The van der Waals surface area contributed by atoms with Gasteiger partial charge in [-0.15, -0.1) is 0 Å². The van der Waals surface area contributed by atoms with E-state index < -0.39 is 5.97 Å². The van der Waals surface area contributed by atoms with Gasteiger partial charge in [0.05, 0.1) is 19.0 Å². The van der Waals surface area contributed by atoms with E-state index in [1.807, 2.05) is 0 Å². The van der Waals surface area contributed by atoms with E-state index in [2.05, 4.69) is 19.9 Å². The summed E-state index contributed by atoms with van der Waals surface area (Å²) in [6.45, 7) is 1.63. The van der Waals surface area contributed by atoms with Gasteiger partial charge >= 0.3 is 5.97 Å². The monoisotopic (exact) mass is 195 g/mol. The van der Waals surface area contributed by atoms with Crippen LogP contribution in [0.15, 0.2) is 11.2 Å². The van der Waals surface area contributed by atoms with E-state index in [-0.39, 0.29) is 5.69 Å². The zero-order valence-corrected chi connectivity index (χ0v) is 7.76. The van der Waals surface area contributed by atoms with Crippen molar-refractivity contribution in [2.45, 2.75) is 6.92 Å². The quantitative estimate of drug-likeness (QED) is 0.319. The lowest BCUT2D eigenvalue weighted by molar-refractivity contribution is 0.0593. The van der Waals surface area contributed by atoms with Crippen LogP contribution in [0, 0.1) is 6.92 Å². The highest BCUT2D eigenvalue weighted by Gasteiger charge is 2.09. The summed E-state index contributed by atoms with van der Waals surface area (Å²) in [4.78, 5) is 18.9. The number of aryl methyl sites for hydroxylation is 1. The van der Waals surface area contributed by atoms with Gasteiger partial charge < -0.3 is 9.94 Å². The second-order valence-electron chi connectivity index (χ2n) is 2.46. The van der Waals surface area contributed by atoms with Crippen molar-refractivity contribution in [3.05, 3.63) is 23.3 Å². The van der Waals surface area contributed by atoms with Crippen LogP contribution in [0.1, 0.15) is 22.0 Å². The summed E-state index contributed by atoms with van der Waals surface area (Å²) in [5.41, 5.74) is 0.482. The van der Waals surface area contributed by atoms with Gasteiger partial charge in [-0.3, -0.25) is 0 Å². The summed E-state index contributed by atoms with van der Waals surface area (Å²) in [6.07, 6.45) is 1.11. The molecule has 1 aromatic heterocycles. The normalized spacial score (nSPS) is 10.4. The Balaban J connectivity index is 3.13. The van der Waals surface area contributed by atoms with Crippen LogP contribution in [0.4, 0.5) is 0 Å². The van der Waals surface area contributed by atoms with Gasteiger partial charge in [-0.1, -0.05) is 5.16 Å². The minimum atomic E-state index is -0.553. The highest BCUT2D eigenvalue weighted by molar-refractivity contribution is 5.89. The van der Waals surface area contributed by atoms with E-state index in [1.54, 1.807) is 6.92 Å². The second kappa shape index (κ2) is 4.31. The molecular weight excluding hydrogens is 186 g/mol. The number of aromatic nitrogens is 2. The third kappa shape index (κ3) is 2.25. The molecule has 1 N–H and O–H groups in total. The molecule has 0 fully saturated rings. The van der Waals surface area contributed by atoms with Crippen LogP contribution in [0.5, 0.6) is 0 Å². The van der Waals surface area contributed by atoms with Crippen molar-refractivity contribution < 1.29 is 14.7 Å². The molecule has 1 aromatic rings. The van der Waals surface area contributed by atoms with Crippen molar-refractivity contribution in [1.29, 1.82) is 0 Å². The summed E-state index contributed by atoms with van der Waals surface area (Å²) < 4.78 is 4.49. The topological polar surface area (TPSA) is 84.7 Å². The van der Waals surface area contributed by atoms with Gasteiger partial charge in [-0.05, 0) is 13.0 Å². The number of methoxy groups -OCH3 is 1. The van der Waals surface area contributed by atoms with Gasteiger partial charge in [0.2, 0.25) is 0 Å².